The number of halogens is 3. The molecule has 35 heavy (non-hydrogen) atoms. The summed E-state index contributed by atoms with van der Waals surface area (Å²) >= 11 is 18.4. The average molecular weight is 563 g/mol. The van der Waals surface area contributed by atoms with Crippen molar-refractivity contribution in [2.45, 2.75) is 46.2 Å². The topological polar surface area (TPSA) is 86.8 Å². The molecule has 0 heterocycles. The molecule has 0 saturated carbocycles. The van der Waals surface area contributed by atoms with Crippen LogP contribution in [0.3, 0.4) is 0 Å². The number of carbonyl (C=O) groups is 2. The summed E-state index contributed by atoms with van der Waals surface area (Å²) in [5.74, 6) is -0.916. The van der Waals surface area contributed by atoms with E-state index >= 15 is 0 Å². The molecule has 0 aromatic heterocycles. The van der Waals surface area contributed by atoms with Crippen LogP contribution in [0, 0.1) is 6.92 Å². The average Bonchev–Trinajstić information content (AvgIpc) is 2.77. The smallest absolute Gasteiger partial charge is 0.244 e. The second-order valence-corrected chi connectivity index (χ2v) is 11.5. The van der Waals surface area contributed by atoms with Crippen molar-refractivity contribution >= 4 is 62.3 Å². The Labute approximate surface area is 222 Å². The highest BCUT2D eigenvalue weighted by Crippen LogP contribution is 2.27. The molecular weight excluding hydrogens is 533 g/mol. The van der Waals surface area contributed by atoms with Crippen molar-refractivity contribution in [2.24, 2.45) is 0 Å². The summed E-state index contributed by atoms with van der Waals surface area (Å²) in [5, 5.41) is 3.92. The van der Waals surface area contributed by atoms with Gasteiger partial charge in [-0.1, -0.05) is 60.3 Å². The van der Waals surface area contributed by atoms with Gasteiger partial charge in [0.25, 0.3) is 0 Å². The maximum atomic E-state index is 13.6. The zero-order chi connectivity index (χ0) is 26.3. The van der Waals surface area contributed by atoms with Crippen LogP contribution in [0.15, 0.2) is 36.4 Å². The minimum atomic E-state index is -3.85. The molecule has 1 N–H and O–H groups in total. The number of nitrogens with zero attached hydrogens (tertiary/aromatic N) is 2. The Morgan fingerprint density at radius 2 is 1.69 bits per heavy atom. The molecule has 2 aromatic carbocycles. The van der Waals surface area contributed by atoms with Gasteiger partial charge in [-0.2, -0.15) is 0 Å². The maximum absolute atomic E-state index is 13.6. The summed E-state index contributed by atoms with van der Waals surface area (Å²) in [6.07, 6.45) is 2.72. The first-order valence-corrected chi connectivity index (χ1v) is 14.1. The van der Waals surface area contributed by atoms with Gasteiger partial charge >= 0.3 is 0 Å². The number of hydrogen-bond acceptors (Lipinski definition) is 4. The molecule has 0 bridgehead atoms. The van der Waals surface area contributed by atoms with Gasteiger partial charge in [-0.05, 0) is 55.7 Å². The Kier molecular flexibility index (Phi) is 10.7. The number of benzene rings is 2. The molecule has 7 nitrogen and oxygen atoms in total. The SMILES string of the molecule is CCCCNC(=O)C(C)N(Cc1ccc(Cl)cc1Cl)C(=O)CN(c1cc(Cl)ccc1C)S(C)(=O)=O. The van der Waals surface area contributed by atoms with Crippen molar-refractivity contribution in [1.82, 2.24) is 10.2 Å². The van der Waals surface area contributed by atoms with Crippen LogP contribution >= 0.6 is 34.8 Å². The molecule has 11 heteroatoms. The number of anilines is 1. The van der Waals surface area contributed by atoms with Crippen LogP contribution in [0.4, 0.5) is 5.69 Å². The number of sulfonamides is 1. The first-order chi connectivity index (χ1) is 16.3. The Bertz CT molecular complexity index is 1170. The first-order valence-electron chi connectivity index (χ1n) is 11.1. The lowest BCUT2D eigenvalue weighted by atomic mass is 10.1. The lowest BCUT2D eigenvalue weighted by Gasteiger charge is -2.32. The Morgan fingerprint density at radius 3 is 2.29 bits per heavy atom. The summed E-state index contributed by atoms with van der Waals surface area (Å²) < 4.78 is 26.4. The predicted octanol–water partition coefficient (Wildman–Crippen LogP) is 5.05. The van der Waals surface area contributed by atoms with Gasteiger partial charge in [0.1, 0.15) is 12.6 Å². The van der Waals surface area contributed by atoms with Crippen molar-refractivity contribution in [3.63, 3.8) is 0 Å². The van der Waals surface area contributed by atoms with Crippen LogP contribution in [-0.4, -0.2) is 50.5 Å². The van der Waals surface area contributed by atoms with E-state index < -0.39 is 28.5 Å². The van der Waals surface area contributed by atoms with Crippen molar-refractivity contribution in [1.29, 1.82) is 0 Å². The third kappa shape index (κ3) is 8.27. The van der Waals surface area contributed by atoms with Gasteiger partial charge in [-0.25, -0.2) is 8.42 Å². The fourth-order valence-corrected chi connectivity index (χ4v) is 4.93. The van der Waals surface area contributed by atoms with Crippen LogP contribution < -0.4 is 9.62 Å². The van der Waals surface area contributed by atoms with Crippen LogP contribution in [0.2, 0.25) is 15.1 Å². The van der Waals surface area contributed by atoms with Gasteiger partial charge in [0.15, 0.2) is 0 Å². The van der Waals surface area contributed by atoms with Gasteiger partial charge in [-0.3, -0.25) is 13.9 Å². The van der Waals surface area contributed by atoms with E-state index in [-0.39, 0.29) is 18.1 Å². The van der Waals surface area contributed by atoms with E-state index in [0.29, 0.717) is 32.7 Å². The molecule has 0 aliphatic carbocycles. The monoisotopic (exact) mass is 561 g/mol. The van der Waals surface area contributed by atoms with Gasteiger partial charge in [0.05, 0.1) is 11.9 Å². The lowest BCUT2D eigenvalue weighted by Crippen LogP contribution is -2.51. The van der Waals surface area contributed by atoms with Crippen LogP contribution in [0.25, 0.3) is 0 Å². The summed E-state index contributed by atoms with van der Waals surface area (Å²) in [7, 11) is -3.85. The van der Waals surface area contributed by atoms with E-state index in [1.54, 1.807) is 44.2 Å². The highest BCUT2D eigenvalue weighted by atomic mass is 35.5. The fraction of sp³-hybridized carbons (Fsp3) is 0.417. The largest absolute Gasteiger partial charge is 0.354 e. The van der Waals surface area contributed by atoms with E-state index in [1.807, 2.05) is 6.92 Å². The summed E-state index contributed by atoms with van der Waals surface area (Å²) in [4.78, 5) is 27.7. The first kappa shape index (κ1) is 29.2. The van der Waals surface area contributed by atoms with E-state index in [9.17, 15) is 18.0 Å². The second-order valence-electron chi connectivity index (χ2n) is 8.28. The van der Waals surface area contributed by atoms with E-state index in [2.05, 4.69) is 5.32 Å². The minimum Gasteiger partial charge on any atom is -0.354 e. The molecular formula is C24H30Cl3N3O4S. The van der Waals surface area contributed by atoms with E-state index in [4.69, 9.17) is 34.8 Å². The highest BCUT2D eigenvalue weighted by Gasteiger charge is 2.31. The summed E-state index contributed by atoms with van der Waals surface area (Å²) in [5.41, 5.74) is 1.49. The summed E-state index contributed by atoms with van der Waals surface area (Å²) in [6.45, 7) is 5.27. The molecule has 0 radical (unpaired) electrons. The van der Waals surface area contributed by atoms with Crippen LogP contribution in [0.1, 0.15) is 37.8 Å². The lowest BCUT2D eigenvalue weighted by molar-refractivity contribution is -0.139. The standard InChI is InChI=1S/C24H30Cl3N3O4S/c1-5-6-11-28-24(32)17(3)29(14-18-8-10-19(25)12-21(18)27)23(31)15-30(35(4,33)34)22-13-20(26)9-7-16(22)2/h7-10,12-13,17H,5-6,11,14-15H2,1-4H3,(H,28,32). The number of amides is 2. The van der Waals surface area contributed by atoms with Crippen LogP contribution in [0.5, 0.6) is 0 Å². The van der Waals surface area contributed by atoms with Crippen molar-refractivity contribution < 1.29 is 18.0 Å². The second kappa shape index (κ2) is 12.8. The van der Waals surface area contributed by atoms with Crippen molar-refractivity contribution in [2.75, 3.05) is 23.7 Å². The number of aryl methyl sites for hydroxylation is 1. The number of rotatable bonds is 11. The molecule has 0 aliphatic heterocycles. The number of hydrogen-bond donors (Lipinski definition) is 1. The molecule has 2 aromatic rings. The maximum Gasteiger partial charge on any atom is 0.244 e. The third-order valence-corrected chi connectivity index (χ3v) is 7.42. The fourth-order valence-electron chi connectivity index (χ4n) is 3.40. The molecule has 0 saturated heterocycles. The minimum absolute atomic E-state index is 0.0106. The molecule has 1 atom stereocenters. The zero-order valence-corrected chi connectivity index (χ0v) is 23.2. The van der Waals surface area contributed by atoms with Crippen molar-refractivity contribution in [3.05, 3.63) is 62.6 Å². The summed E-state index contributed by atoms with van der Waals surface area (Å²) in [6, 6.07) is 8.78. The van der Waals surface area contributed by atoms with E-state index in [0.717, 1.165) is 23.4 Å². The molecule has 2 rings (SSSR count). The van der Waals surface area contributed by atoms with Crippen molar-refractivity contribution in [3.8, 4) is 0 Å². The third-order valence-electron chi connectivity index (χ3n) is 5.47. The number of nitrogens with one attached hydrogen (secondary N) is 1. The Balaban J connectivity index is 2.43. The van der Waals surface area contributed by atoms with Gasteiger partial charge in [-0.15, -0.1) is 0 Å². The molecule has 0 fully saturated rings. The Morgan fingerprint density at radius 1 is 1.06 bits per heavy atom. The molecule has 0 aliphatic rings. The van der Waals surface area contributed by atoms with Crippen LogP contribution in [-0.2, 0) is 26.2 Å². The number of carbonyl (C=O) groups excluding carboxylic acids is 2. The molecule has 192 valence electrons. The van der Waals surface area contributed by atoms with Gasteiger partial charge in [0.2, 0.25) is 21.8 Å². The normalized spacial score (nSPS) is 12.2. The van der Waals surface area contributed by atoms with Gasteiger partial charge < -0.3 is 10.2 Å². The zero-order valence-electron chi connectivity index (χ0n) is 20.1. The Hall–Kier alpha value is -2.00. The predicted molar refractivity (Wildman–Crippen MR) is 143 cm³/mol. The quantitative estimate of drug-likeness (QED) is 0.388. The van der Waals surface area contributed by atoms with E-state index in [1.165, 1.54) is 11.0 Å². The van der Waals surface area contributed by atoms with Gasteiger partial charge in [0, 0.05) is 28.2 Å². The number of unbranched alkanes of at least 4 members (excludes halogenated alkanes) is 1. The molecule has 2 amide bonds. The highest BCUT2D eigenvalue weighted by molar-refractivity contribution is 7.92. The molecule has 0 spiro atoms. The molecule has 1 unspecified atom stereocenters.